The molecule has 1 aliphatic heterocycles. The number of amides is 3. The van der Waals surface area contributed by atoms with Crippen LogP contribution in [0.4, 0.5) is 5.13 Å². The summed E-state index contributed by atoms with van der Waals surface area (Å²) in [5, 5.41) is 3.63. The second kappa shape index (κ2) is 9.44. The van der Waals surface area contributed by atoms with E-state index in [1.807, 2.05) is 20.8 Å². The number of benzene rings is 1. The fraction of sp³-hybridized carbons (Fsp3) is 0.429. The summed E-state index contributed by atoms with van der Waals surface area (Å²) in [6.45, 7) is 10.2. The molecule has 0 aliphatic carbocycles. The van der Waals surface area contributed by atoms with Crippen molar-refractivity contribution in [3.63, 3.8) is 0 Å². The SMILES string of the molecule is Cc1nc(N2CCOCC2)sc1C(=O)NNC(=O)c1ccc(C(=O)NC(C)(C)C)cc1. The maximum absolute atomic E-state index is 12.5. The topological polar surface area (TPSA) is 113 Å². The predicted octanol–water partition coefficient (Wildman–Crippen LogP) is 1.89. The van der Waals surface area contributed by atoms with Crippen molar-refractivity contribution < 1.29 is 19.1 Å². The van der Waals surface area contributed by atoms with Crippen molar-refractivity contribution >= 4 is 34.2 Å². The van der Waals surface area contributed by atoms with E-state index in [4.69, 9.17) is 4.74 Å². The van der Waals surface area contributed by atoms with Gasteiger partial charge in [0.05, 0.1) is 18.9 Å². The second-order valence-electron chi connectivity index (χ2n) is 8.20. The lowest BCUT2D eigenvalue weighted by molar-refractivity contribution is 0.0848. The monoisotopic (exact) mass is 445 g/mol. The number of ether oxygens (including phenoxy) is 1. The van der Waals surface area contributed by atoms with Gasteiger partial charge >= 0.3 is 0 Å². The molecular formula is C21H27N5O4S. The lowest BCUT2D eigenvalue weighted by Gasteiger charge is -2.25. The molecule has 3 N–H and O–H groups in total. The molecule has 9 nitrogen and oxygen atoms in total. The molecule has 0 unspecified atom stereocenters. The number of nitrogens with one attached hydrogen (secondary N) is 3. The number of anilines is 1. The molecule has 1 aliphatic rings. The van der Waals surface area contributed by atoms with Gasteiger partial charge in [-0.15, -0.1) is 0 Å². The summed E-state index contributed by atoms with van der Waals surface area (Å²) in [7, 11) is 0. The fourth-order valence-corrected chi connectivity index (χ4v) is 3.92. The zero-order valence-electron chi connectivity index (χ0n) is 18.1. The first kappa shape index (κ1) is 22.7. The molecule has 1 aromatic heterocycles. The molecule has 1 saturated heterocycles. The highest BCUT2D eigenvalue weighted by Gasteiger charge is 2.21. The number of morpholine rings is 1. The zero-order chi connectivity index (χ0) is 22.6. The number of rotatable bonds is 4. The molecule has 0 saturated carbocycles. The smallest absolute Gasteiger partial charge is 0.281 e. The van der Waals surface area contributed by atoms with Gasteiger partial charge in [-0.25, -0.2) is 4.98 Å². The van der Waals surface area contributed by atoms with Crippen LogP contribution in [0.2, 0.25) is 0 Å². The van der Waals surface area contributed by atoms with Gasteiger partial charge in [0.25, 0.3) is 17.7 Å². The third kappa shape index (κ3) is 6.02. The lowest BCUT2D eigenvalue weighted by atomic mass is 10.1. The molecule has 0 radical (unpaired) electrons. The average Bonchev–Trinajstić information content (AvgIpc) is 3.13. The standard InChI is InChI=1S/C21H27N5O4S/c1-13-16(31-20(22-13)26-9-11-30-12-10-26)19(29)25-24-18(28)15-7-5-14(6-8-15)17(27)23-21(2,3)4/h5-8H,9-12H2,1-4H3,(H,23,27)(H,24,28)(H,25,29). The van der Waals surface area contributed by atoms with Crippen molar-refractivity contribution in [2.24, 2.45) is 0 Å². The zero-order valence-corrected chi connectivity index (χ0v) is 18.9. The van der Waals surface area contributed by atoms with Gasteiger partial charge in [0, 0.05) is 29.8 Å². The number of aryl methyl sites for hydroxylation is 1. The van der Waals surface area contributed by atoms with Crippen molar-refractivity contribution in [2.75, 3.05) is 31.2 Å². The van der Waals surface area contributed by atoms with E-state index in [9.17, 15) is 14.4 Å². The highest BCUT2D eigenvalue weighted by atomic mass is 32.1. The Kier molecular flexibility index (Phi) is 6.91. The molecule has 3 rings (SSSR count). The molecule has 2 aromatic rings. The van der Waals surface area contributed by atoms with Crippen LogP contribution in [-0.4, -0.2) is 54.5 Å². The van der Waals surface area contributed by atoms with E-state index in [2.05, 4.69) is 26.1 Å². The number of hydrogen-bond donors (Lipinski definition) is 3. The quantitative estimate of drug-likeness (QED) is 0.620. The number of hydrogen-bond acceptors (Lipinski definition) is 7. The van der Waals surface area contributed by atoms with Crippen LogP contribution in [0, 0.1) is 6.92 Å². The van der Waals surface area contributed by atoms with Gasteiger partial charge in [0.2, 0.25) is 0 Å². The van der Waals surface area contributed by atoms with E-state index in [0.29, 0.717) is 34.9 Å². The summed E-state index contributed by atoms with van der Waals surface area (Å²) in [6, 6.07) is 6.21. The third-order valence-electron chi connectivity index (χ3n) is 4.46. The van der Waals surface area contributed by atoms with Crippen molar-refractivity contribution in [1.82, 2.24) is 21.2 Å². The van der Waals surface area contributed by atoms with Gasteiger partial charge in [0.15, 0.2) is 5.13 Å². The minimum atomic E-state index is -0.480. The molecule has 0 bridgehead atoms. The fourth-order valence-electron chi connectivity index (χ4n) is 2.91. The Labute approximate surface area is 185 Å². The molecule has 1 fully saturated rings. The summed E-state index contributed by atoms with van der Waals surface area (Å²) in [5.41, 5.74) is 5.86. The molecule has 0 spiro atoms. The number of carbonyl (C=O) groups is 3. The molecule has 1 aromatic carbocycles. The van der Waals surface area contributed by atoms with Crippen LogP contribution in [0.3, 0.4) is 0 Å². The van der Waals surface area contributed by atoms with Crippen LogP contribution in [0.1, 0.15) is 56.9 Å². The second-order valence-corrected chi connectivity index (χ2v) is 9.18. The van der Waals surface area contributed by atoms with E-state index in [1.165, 1.54) is 23.5 Å². The first-order valence-electron chi connectivity index (χ1n) is 9.97. The van der Waals surface area contributed by atoms with Crippen molar-refractivity contribution in [2.45, 2.75) is 33.2 Å². The van der Waals surface area contributed by atoms with Crippen molar-refractivity contribution in [1.29, 1.82) is 0 Å². The number of thiazole rings is 1. The normalized spacial score (nSPS) is 14.1. The third-order valence-corrected chi connectivity index (χ3v) is 5.68. The number of hydrazine groups is 1. The van der Waals surface area contributed by atoms with Crippen LogP contribution in [-0.2, 0) is 4.74 Å². The van der Waals surface area contributed by atoms with Crippen LogP contribution in [0.15, 0.2) is 24.3 Å². The summed E-state index contributed by atoms with van der Waals surface area (Å²) in [6.07, 6.45) is 0. The molecule has 3 amide bonds. The Balaban J connectivity index is 1.57. The van der Waals surface area contributed by atoms with Crippen LogP contribution >= 0.6 is 11.3 Å². The van der Waals surface area contributed by atoms with Gasteiger partial charge in [0.1, 0.15) is 4.88 Å². The predicted molar refractivity (Wildman–Crippen MR) is 118 cm³/mol. The molecule has 10 heteroatoms. The maximum atomic E-state index is 12.5. The van der Waals surface area contributed by atoms with Crippen molar-refractivity contribution in [3.8, 4) is 0 Å². The first-order chi connectivity index (χ1) is 14.6. The highest BCUT2D eigenvalue weighted by Crippen LogP contribution is 2.26. The Bertz CT molecular complexity index is 959. The minimum absolute atomic E-state index is 0.218. The molecule has 2 heterocycles. The molecule has 0 atom stereocenters. The van der Waals surface area contributed by atoms with E-state index in [-0.39, 0.29) is 11.4 Å². The van der Waals surface area contributed by atoms with E-state index < -0.39 is 11.8 Å². The van der Waals surface area contributed by atoms with Gasteiger partial charge < -0.3 is 15.0 Å². The van der Waals surface area contributed by atoms with Gasteiger partial charge in [-0.2, -0.15) is 0 Å². The Morgan fingerprint density at radius 3 is 2.10 bits per heavy atom. The van der Waals surface area contributed by atoms with Gasteiger partial charge in [-0.1, -0.05) is 11.3 Å². The molecule has 166 valence electrons. The lowest BCUT2D eigenvalue weighted by Crippen LogP contribution is -2.41. The largest absolute Gasteiger partial charge is 0.378 e. The first-order valence-corrected chi connectivity index (χ1v) is 10.8. The number of nitrogens with zero attached hydrogens (tertiary/aromatic N) is 2. The summed E-state index contributed by atoms with van der Waals surface area (Å²) in [5.74, 6) is -1.12. The summed E-state index contributed by atoms with van der Waals surface area (Å²) >= 11 is 1.28. The van der Waals surface area contributed by atoms with Gasteiger partial charge in [-0.05, 0) is 52.0 Å². The molecule has 31 heavy (non-hydrogen) atoms. The number of aromatic nitrogens is 1. The van der Waals surface area contributed by atoms with Crippen molar-refractivity contribution in [3.05, 3.63) is 46.0 Å². The summed E-state index contributed by atoms with van der Waals surface area (Å²) in [4.78, 5) is 44.1. The van der Waals surface area contributed by atoms with Crippen LogP contribution < -0.4 is 21.1 Å². The Morgan fingerprint density at radius 1 is 0.968 bits per heavy atom. The van der Waals surface area contributed by atoms with Crippen LogP contribution in [0.25, 0.3) is 0 Å². The highest BCUT2D eigenvalue weighted by molar-refractivity contribution is 7.17. The maximum Gasteiger partial charge on any atom is 0.281 e. The molecular weight excluding hydrogens is 418 g/mol. The average molecular weight is 446 g/mol. The Hall–Kier alpha value is -2.98. The van der Waals surface area contributed by atoms with E-state index >= 15 is 0 Å². The van der Waals surface area contributed by atoms with E-state index in [0.717, 1.165) is 18.2 Å². The number of carbonyl (C=O) groups excluding carboxylic acids is 3. The minimum Gasteiger partial charge on any atom is -0.378 e. The van der Waals surface area contributed by atoms with Crippen LogP contribution in [0.5, 0.6) is 0 Å². The van der Waals surface area contributed by atoms with Gasteiger partial charge in [-0.3, -0.25) is 25.2 Å². The van der Waals surface area contributed by atoms with E-state index in [1.54, 1.807) is 19.1 Å². The summed E-state index contributed by atoms with van der Waals surface area (Å²) < 4.78 is 5.34. The Morgan fingerprint density at radius 2 is 1.52 bits per heavy atom.